The number of nitrogens with one attached hydrogen (secondary N) is 1. The Hall–Kier alpha value is -2.11. The molecule has 108 valence electrons. The van der Waals surface area contributed by atoms with E-state index in [1.807, 2.05) is 6.92 Å². The lowest BCUT2D eigenvalue weighted by molar-refractivity contribution is 0.0783. The second-order valence-electron chi connectivity index (χ2n) is 4.86. The molecular weight excluding hydrogens is 263 g/mol. The van der Waals surface area contributed by atoms with E-state index in [9.17, 15) is 14.0 Å². The highest BCUT2D eigenvalue weighted by Gasteiger charge is 2.29. The van der Waals surface area contributed by atoms with Crippen LogP contribution in [0.15, 0.2) is 18.2 Å². The molecule has 1 aromatic rings. The van der Waals surface area contributed by atoms with E-state index in [0.717, 1.165) is 5.56 Å². The normalized spacial score (nSPS) is 17.9. The summed E-state index contributed by atoms with van der Waals surface area (Å²) >= 11 is 0. The summed E-state index contributed by atoms with van der Waals surface area (Å²) in [5.41, 5.74) is 0.905. The molecule has 0 radical (unpaired) electrons. The minimum atomic E-state index is -0.523. The predicted molar refractivity (Wildman–Crippen MR) is 71.0 cm³/mol. The van der Waals surface area contributed by atoms with Crippen LogP contribution in [0.3, 0.4) is 0 Å². The van der Waals surface area contributed by atoms with Gasteiger partial charge >= 0.3 is 6.09 Å². The highest BCUT2D eigenvalue weighted by atomic mass is 19.1. The summed E-state index contributed by atoms with van der Waals surface area (Å²) in [4.78, 5) is 24.9. The van der Waals surface area contributed by atoms with E-state index in [2.05, 4.69) is 10.1 Å². The Labute approximate surface area is 116 Å². The number of rotatable bonds is 2. The molecule has 0 spiro atoms. The molecule has 0 aromatic heterocycles. The van der Waals surface area contributed by atoms with E-state index in [0.29, 0.717) is 19.5 Å². The quantitative estimate of drug-likeness (QED) is 0.897. The number of amides is 2. The Balaban J connectivity index is 2.04. The van der Waals surface area contributed by atoms with Gasteiger partial charge in [0.05, 0.1) is 18.7 Å². The van der Waals surface area contributed by atoms with Gasteiger partial charge in [-0.25, -0.2) is 9.18 Å². The van der Waals surface area contributed by atoms with Crippen LogP contribution in [-0.2, 0) is 4.74 Å². The van der Waals surface area contributed by atoms with E-state index >= 15 is 0 Å². The van der Waals surface area contributed by atoms with Gasteiger partial charge in [0.2, 0.25) is 0 Å². The van der Waals surface area contributed by atoms with Crippen molar-refractivity contribution in [2.75, 3.05) is 20.2 Å². The van der Waals surface area contributed by atoms with Crippen molar-refractivity contribution in [1.29, 1.82) is 0 Å². The Kier molecular flexibility index (Phi) is 4.22. The maximum Gasteiger partial charge on any atom is 0.407 e. The van der Waals surface area contributed by atoms with Crippen LogP contribution in [0.1, 0.15) is 22.3 Å². The topological polar surface area (TPSA) is 58.6 Å². The zero-order valence-electron chi connectivity index (χ0n) is 11.5. The number of likely N-dealkylation sites (tertiary alicyclic amines) is 1. The van der Waals surface area contributed by atoms with Crippen molar-refractivity contribution in [2.45, 2.75) is 19.4 Å². The average molecular weight is 280 g/mol. The molecule has 20 heavy (non-hydrogen) atoms. The first kappa shape index (κ1) is 14.3. The van der Waals surface area contributed by atoms with Gasteiger partial charge in [-0.15, -0.1) is 0 Å². The zero-order chi connectivity index (χ0) is 14.7. The first-order valence-electron chi connectivity index (χ1n) is 6.41. The molecular formula is C14H17FN2O3. The van der Waals surface area contributed by atoms with Gasteiger partial charge in [-0.05, 0) is 25.5 Å². The fourth-order valence-corrected chi connectivity index (χ4v) is 2.26. The lowest BCUT2D eigenvalue weighted by atomic mass is 10.1. The molecule has 0 aliphatic carbocycles. The summed E-state index contributed by atoms with van der Waals surface area (Å²) in [7, 11) is 1.29. The van der Waals surface area contributed by atoms with Crippen molar-refractivity contribution in [1.82, 2.24) is 10.2 Å². The largest absolute Gasteiger partial charge is 0.453 e. The van der Waals surface area contributed by atoms with Crippen LogP contribution in [0.25, 0.3) is 0 Å². The van der Waals surface area contributed by atoms with Gasteiger partial charge in [0.15, 0.2) is 0 Å². The van der Waals surface area contributed by atoms with E-state index in [1.165, 1.54) is 13.2 Å². The Morgan fingerprint density at radius 2 is 2.20 bits per heavy atom. The molecule has 0 bridgehead atoms. The fourth-order valence-electron chi connectivity index (χ4n) is 2.26. The number of aryl methyl sites for hydroxylation is 1. The average Bonchev–Trinajstić information content (AvgIpc) is 2.89. The summed E-state index contributed by atoms with van der Waals surface area (Å²) < 4.78 is 18.2. The smallest absolute Gasteiger partial charge is 0.407 e. The number of halogens is 1. The number of carbonyl (C=O) groups excluding carboxylic acids is 2. The van der Waals surface area contributed by atoms with Crippen LogP contribution in [0, 0.1) is 12.7 Å². The van der Waals surface area contributed by atoms with Crippen LogP contribution in [-0.4, -0.2) is 43.1 Å². The summed E-state index contributed by atoms with van der Waals surface area (Å²) in [5, 5.41) is 2.64. The van der Waals surface area contributed by atoms with Crippen LogP contribution in [0.2, 0.25) is 0 Å². The number of methoxy groups -OCH3 is 1. The minimum absolute atomic E-state index is 0.0729. The molecule has 1 fully saturated rings. The molecule has 2 rings (SSSR count). The van der Waals surface area contributed by atoms with Crippen molar-refractivity contribution < 1.29 is 18.7 Å². The maximum absolute atomic E-state index is 13.7. The summed E-state index contributed by atoms with van der Waals surface area (Å²) in [6.45, 7) is 2.66. The molecule has 0 saturated carbocycles. The van der Waals surface area contributed by atoms with Gasteiger partial charge < -0.3 is 15.0 Å². The lowest BCUT2D eigenvalue weighted by Crippen LogP contribution is -2.38. The molecule has 2 amide bonds. The second kappa shape index (κ2) is 5.90. The van der Waals surface area contributed by atoms with Gasteiger partial charge in [-0.3, -0.25) is 4.79 Å². The molecule has 1 aliphatic heterocycles. The summed E-state index contributed by atoms with van der Waals surface area (Å²) in [6.07, 6.45) is 0.111. The van der Waals surface area contributed by atoms with E-state index < -0.39 is 11.9 Å². The number of hydrogen-bond donors (Lipinski definition) is 1. The van der Waals surface area contributed by atoms with Crippen molar-refractivity contribution in [2.24, 2.45) is 0 Å². The van der Waals surface area contributed by atoms with Crippen LogP contribution < -0.4 is 5.32 Å². The van der Waals surface area contributed by atoms with Gasteiger partial charge in [0.25, 0.3) is 5.91 Å². The standard InChI is InChI=1S/C14H17FN2O3/c1-9-3-4-12(15)11(7-9)13(18)17-6-5-10(8-17)16-14(19)20-2/h3-4,7,10H,5-6,8H2,1-2H3,(H,16,19). The van der Waals surface area contributed by atoms with Crippen molar-refractivity contribution >= 4 is 12.0 Å². The molecule has 5 nitrogen and oxygen atoms in total. The highest BCUT2D eigenvalue weighted by molar-refractivity contribution is 5.95. The van der Waals surface area contributed by atoms with Crippen molar-refractivity contribution in [3.63, 3.8) is 0 Å². The number of carbonyl (C=O) groups is 2. The first-order valence-corrected chi connectivity index (χ1v) is 6.41. The highest BCUT2D eigenvalue weighted by Crippen LogP contribution is 2.17. The van der Waals surface area contributed by atoms with Crippen LogP contribution >= 0.6 is 0 Å². The maximum atomic E-state index is 13.7. The number of hydrogen-bond acceptors (Lipinski definition) is 3. The van der Waals surface area contributed by atoms with Crippen molar-refractivity contribution in [3.05, 3.63) is 35.1 Å². The second-order valence-corrected chi connectivity index (χ2v) is 4.86. The summed E-state index contributed by atoms with van der Waals surface area (Å²) in [6, 6.07) is 4.30. The number of benzene rings is 1. The van der Waals surface area contributed by atoms with E-state index in [1.54, 1.807) is 17.0 Å². The Bertz CT molecular complexity index is 533. The SMILES string of the molecule is COC(=O)NC1CCN(C(=O)c2cc(C)ccc2F)C1. The zero-order valence-corrected chi connectivity index (χ0v) is 11.5. The number of ether oxygens (including phenoxy) is 1. The van der Waals surface area contributed by atoms with Crippen LogP contribution in [0.5, 0.6) is 0 Å². The molecule has 1 N–H and O–H groups in total. The first-order chi connectivity index (χ1) is 9.51. The Morgan fingerprint density at radius 3 is 2.90 bits per heavy atom. The molecule has 1 atom stereocenters. The van der Waals surface area contributed by atoms with Gasteiger partial charge in [-0.2, -0.15) is 0 Å². The number of alkyl carbamates (subject to hydrolysis) is 1. The van der Waals surface area contributed by atoms with E-state index in [-0.39, 0.29) is 17.5 Å². The minimum Gasteiger partial charge on any atom is -0.453 e. The molecule has 1 heterocycles. The van der Waals surface area contributed by atoms with E-state index in [4.69, 9.17) is 0 Å². The molecule has 1 saturated heterocycles. The Morgan fingerprint density at radius 1 is 1.45 bits per heavy atom. The number of nitrogens with zero attached hydrogens (tertiary/aromatic N) is 1. The third-order valence-corrected chi connectivity index (χ3v) is 3.34. The monoisotopic (exact) mass is 280 g/mol. The fraction of sp³-hybridized carbons (Fsp3) is 0.429. The summed E-state index contributed by atoms with van der Waals surface area (Å²) in [5.74, 6) is -0.870. The third kappa shape index (κ3) is 3.07. The molecule has 1 aliphatic rings. The third-order valence-electron chi connectivity index (χ3n) is 3.34. The van der Waals surface area contributed by atoms with Crippen LogP contribution in [0.4, 0.5) is 9.18 Å². The van der Waals surface area contributed by atoms with Crippen molar-refractivity contribution in [3.8, 4) is 0 Å². The molecule has 6 heteroatoms. The van der Waals surface area contributed by atoms with Gasteiger partial charge in [-0.1, -0.05) is 11.6 Å². The molecule has 1 aromatic carbocycles. The van der Waals surface area contributed by atoms with Gasteiger partial charge in [0.1, 0.15) is 5.82 Å². The van der Waals surface area contributed by atoms with Gasteiger partial charge in [0, 0.05) is 13.1 Å². The lowest BCUT2D eigenvalue weighted by Gasteiger charge is -2.17. The molecule has 1 unspecified atom stereocenters. The predicted octanol–water partition coefficient (Wildman–Crippen LogP) is 1.70.